The molecule has 1 atom stereocenters. The van der Waals surface area contributed by atoms with E-state index in [9.17, 15) is 4.79 Å². The fraction of sp³-hybridized carbons (Fsp3) is 0.235. The van der Waals surface area contributed by atoms with Crippen LogP contribution in [-0.4, -0.2) is 19.6 Å². The summed E-state index contributed by atoms with van der Waals surface area (Å²) in [5.41, 5.74) is 1.73. The Morgan fingerprint density at radius 2 is 1.95 bits per heavy atom. The standard InChI is InChI=1S/C17H17NO2/c1-20-15-9-5-8-14(10-15)17(12-18-16(17)19)11-13-6-3-2-4-7-13/h2-10H,11-12H2,1H3,(H,18,19). The number of carbonyl (C=O) groups excluding carboxylic acids is 1. The van der Waals surface area contributed by atoms with E-state index < -0.39 is 5.41 Å². The Bertz CT molecular complexity index is 624. The van der Waals surface area contributed by atoms with Gasteiger partial charge < -0.3 is 10.1 Å². The highest BCUT2D eigenvalue weighted by molar-refractivity contribution is 5.94. The van der Waals surface area contributed by atoms with Gasteiger partial charge >= 0.3 is 0 Å². The van der Waals surface area contributed by atoms with Crippen molar-refractivity contribution < 1.29 is 9.53 Å². The third kappa shape index (κ3) is 2.05. The first-order valence-corrected chi connectivity index (χ1v) is 6.71. The Balaban J connectivity index is 1.98. The zero-order valence-corrected chi connectivity index (χ0v) is 11.4. The Labute approximate surface area is 118 Å². The smallest absolute Gasteiger partial charge is 0.232 e. The molecule has 3 heteroatoms. The van der Waals surface area contributed by atoms with Crippen LogP contribution >= 0.6 is 0 Å². The highest BCUT2D eigenvalue weighted by atomic mass is 16.5. The number of carbonyl (C=O) groups is 1. The molecular weight excluding hydrogens is 250 g/mol. The maximum Gasteiger partial charge on any atom is 0.232 e. The normalized spacial score (nSPS) is 20.9. The molecule has 0 spiro atoms. The molecule has 1 amide bonds. The summed E-state index contributed by atoms with van der Waals surface area (Å²) in [6.45, 7) is 0.674. The Morgan fingerprint density at radius 3 is 2.55 bits per heavy atom. The third-order valence-electron chi connectivity index (χ3n) is 3.96. The largest absolute Gasteiger partial charge is 0.497 e. The number of hydrogen-bond donors (Lipinski definition) is 1. The van der Waals surface area contributed by atoms with E-state index in [2.05, 4.69) is 17.4 Å². The van der Waals surface area contributed by atoms with Crippen molar-refractivity contribution >= 4 is 5.91 Å². The topological polar surface area (TPSA) is 38.3 Å². The van der Waals surface area contributed by atoms with Gasteiger partial charge in [-0.25, -0.2) is 0 Å². The molecule has 1 heterocycles. The van der Waals surface area contributed by atoms with E-state index in [1.54, 1.807) is 7.11 Å². The second kappa shape index (κ2) is 5.00. The zero-order valence-electron chi connectivity index (χ0n) is 11.4. The maximum absolute atomic E-state index is 12.2. The van der Waals surface area contributed by atoms with Crippen LogP contribution in [-0.2, 0) is 16.6 Å². The molecule has 1 unspecified atom stereocenters. The number of β-lactam (4-membered cyclic amide) rings is 1. The summed E-state index contributed by atoms with van der Waals surface area (Å²) in [6.07, 6.45) is 0.715. The van der Waals surface area contributed by atoms with E-state index in [1.807, 2.05) is 42.5 Å². The van der Waals surface area contributed by atoms with Crippen molar-refractivity contribution in [1.29, 1.82) is 0 Å². The molecule has 0 aliphatic carbocycles. The van der Waals surface area contributed by atoms with E-state index in [0.717, 1.165) is 11.3 Å². The fourth-order valence-electron chi connectivity index (χ4n) is 2.72. The Morgan fingerprint density at radius 1 is 1.15 bits per heavy atom. The number of rotatable bonds is 4. The quantitative estimate of drug-likeness (QED) is 0.863. The average molecular weight is 267 g/mol. The second-order valence-electron chi connectivity index (χ2n) is 5.16. The predicted octanol–water partition coefficient (Wildman–Crippen LogP) is 2.31. The molecule has 2 aromatic rings. The molecule has 1 aliphatic rings. The molecule has 1 fully saturated rings. The highest BCUT2D eigenvalue weighted by Crippen LogP contribution is 2.35. The number of nitrogens with one attached hydrogen (secondary N) is 1. The summed E-state index contributed by atoms with van der Waals surface area (Å²) in [5.74, 6) is 0.879. The minimum atomic E-state index is -0.462. The first-order valence-electron chi connectivity index (χ1n) is 6.71. The number of methoxy groups -OCH3 is 1. The minimum absolute atomic E-state index is 0.0922. The molecule has 3 nitrogen and oxygen atoms in total. The van der Waals surface area contributed by atoms with Crippen molar-refractivity contribution in [3.8, 4) is 5.75 Å². The van der Waals surface area contributed by atoms with Gasteiger partial charge in [-0.05, 0) is 29.7 Å². The summed E-state index contributed by atoms with van der Waals surface area (Å²) in [4.78, 5) is 12.2. The van der Waals surface area contributed by atoms with Crippen molar-refractivity contribution in [1.82, 2.24) is 5.32 Å². The lowest BCUT2D eigenvalue weighted by molar-refractivity contribution is -0.133. The van der Waals surface area contributed by atoms with Gasteiger partial charge in [0.25, 0.3) is 0 Å². The fourth-order valence-corrected chi connectivity index (χ4v) is 2.72. The van der Waals surface area contributed by atoms with E-state index in [1.165, 1.54) is 5.56 Å². The van der Waals surface area contributed by atoms with Crippen molar-refractivity contribution in [2.75, 3.05) is 13.7 Å². The van der Waals surface area contributed by atoms with E-state index in [-0.39, 0.29) is 5.91 Å². The highest BCUT2D eigenvalue weighted by Gasteiger charge is 2.47. The van der Waals surface area contributed by atoms with E-state index in [4.69, 9.17) is 4.74 Å². The average Bonchev–Trinajstić information content (AvgIpc) is 2.52. The molecule has 1 N–H and O–H groups in total. The van der Waals surface area contributed by atoms with Gasteiger partial charge in [-0.3, -0.25) is 4.79 Å². The summed E-state index contributed by atoms with van der Waals surface area (Å²) in [5, 5.41) is 2.88. The van der Waals surface area contributed by atoms with Crippen molar-refractivity contribution in [3.63, 3.8) is 0 Å². The van der Waals surface area contributed by atoms with E-state index in [0.29, 0.717) is 13.0 Å². The van der Waals surface area contributed by atoms with Gasteiger partial charge in [0.15, 0.2) is 0 Å². The Hall–Kier alpha value is -2.29. The summed E-state index contributed by atoms with van der Waals surface area (Å²) in [6, 6.07) is 17.9. The summed E-state index contributed by atoms with van der Waals surface area (Å²) >= 11 is 0. The van der Waals surface area contributed by atoms with Crippen LogP contribution in [0.2, 0.25) is 0 Å². The monoisotopic (exact) mass is 267 g/mol. The van der Waals surface area contributed by atoms with Gasteiger partial charge in [0.2, 0.25) is 5.91 Å². The van der Waals surface area contributed by atoms with Crippen LogP contribution in [0.1, 0.15) is 11.1 Å². The maximum atomic E-state index is 12.2. The molecule has 0 aromatic heterocycles. The second-order valence-corrected chi connectivity index (χ2v) is 5.16. The molecule has 20 heavy (non-hydrogen) atoms. The van der Waals surface area contributed by atoms with Gasteiger partial charge in [0.05, 0.1) is 12.5 Å². The molecule has 1 saturated heterocycles. The number of benzene rings is 2. The molecule has 3 rings (SSSR count). The van der Waals surface area contributed by atoms with Gasteiger partial charge in [-0.1, -0.05) is 42.5 Å². The molecule has 1 aliphatic heterocycles. The third-order valence-corrected chi connectivity index (χ3v) is 3.96. The summed E-state index contributed by atoms with van der Waals surface area (Å²) < 4.78 is 5.27. The molecule has 0 saturated carbocycles. The lowest BCUT2D eigenvalue weighted by Gasteiger charge is -2.41. The molecule has 0 radical (unpaired) electrons. The number of amides is 1. The van der Waals surface area contributed by atoms with E-state index >= 15 is 0 Å². The van der Waals surface area contributed by atoms with Gasteiger partial charge in [-0.2, -0.15) is 0 Å². The first kappa shape index (κ1) is 12.7. The van der Waals surface area contributed by atoms with Crippen LogP contribution in [0.15, 0.2) is 54.6 Å². The Kier molecular flexibility index (Phi) is 3.18. The molecule has 102 valence electrons. The van der Waals surface area contributed by atoms with Crippen LogP contribution in [0.4, 0.5) is 0 Å². The van der Waals surface area contributed by atoms with Gasteiger partial charge in [0.1, 0.15) is 5.75 Å². The zero-order chi connectivity index (χ0) is 14.0. The van der Waals surface area contributed by atoms with Crippen LogP contribution in [0, 0.1) is 0 Å². The number of hydrogen-bond acceptors (Lipinski definition) is 2. The van der Waals surface area contributed by atoms with Crippen molar-refractivity contribution in [2.24, 2.45) is 0 Å². The number of ether oxygens (including phenoxy) is 1. The van der Waals surface area contributed by atoms with Crippen LogP contribution in [0.25, 0.3) is 0 Å². The van der Waals surface area contributed by atoms with Crippen molar-refractivity contribution in [3.05, 3.63) is 65.7 Å². The van der Waals surface area contributed by atoms with Crippen LogP contribution in [0.3, 0.4) is 0 Å². The lowest BCUT2D eigenvalue weighted by atomic mass is 9.70. The SMILES string of the molecule is COc1cccc(C2(Cc3ccccc3)CNC2=O)c1. The van der Waals surface area contributed by atoms with Crippen LogP contribution < -0.4 is 10.1 Å². The minimum Gasteiger partial charge on any atom is -0.497 e. The lowest BCUT2D eigenvalue weighted by Crippen LogP contribution is -2.63. The molecule has 2 aromatic carbocycles. The van der Waals surface area contributed by atoms with Gasteiger partial charge in [0, 0.05) is 6.54 Å². The predicted molar refractivity (Wildman–Crippen MR) is 77.8 cm³/mol. The van der Waals surface area contributed by atoms with Gasteiger partial charge in [-0.15, -0.1) is 0 Å². The first-order chi connectivity index (χ1) is 9.74. The van der Waals surface area contributed by atoms with Crippen molar-refractivity contribution in [2.45, 2.75) is 11.8 Å². The molecule has 0 bridgehead atoms. The molecular formula is C17H17NO2. The summed E-state index contributed by atoms with van der Waals surface area (Å²) in [7, 11) is 1.64. The van der Waals surface area contributed by atoms with Crippen LogP contribution in [0.5, 0.6) is 5.75 Å².